The van der Waals surface area contributed by atoms with Crippen molar-refractivity contribution >= 4 is 52.1 Å². The van der Waals surface area contributed by atoms with E-state index in [4.69, 9.17) is 50.2 Å². The maximum absolute atomic E-state index is 13.4. The first-order chi connectivity index (χ1) is 30.0. The molecule has 1 aromatic heterocycles. The molecule has 2 aliphatic heterocycles. The van der Waals surface area contributed by atoms with Crippen LogP contribution in [0, 0.1) is 0 Å². The van der Waals surface area contributed by atoms with E-state index in [0.29, 0.717) is 70.6 Å². The van der Waals surface area contributed by atoms with Crippen LogP contribution in [0.3, 0.4) is 0 Å². The molecule has 0 aliphatic carbocycles. The predicted octanol–water partition coefficient (Wildman–Crippen LogP) is 5.19. The van der Waals surface area contributed by atoms with Crippen LogP contribution in [0.15, 0.2) is 88.1 Å². The second-order valence-electron chi connectivity index (χ2n) is 14.0. The van der Waals surface area contributed by atoms with E-state index in [2.05, 4.69) is 5.32 Å². The molecule has 17 heteroatoms. The Morgan fingerprint density at radius 3 is 2.13 bits per heavy atom. The van der Waals surface area contributed by atoms with Crippen molar-refractivity contribution in [3.8, 4) is 39.7 Å². The van der Waals surface area contributed by atoms with Crippen molar-refractivity contribution in [1.29, 1.82) is 0 Å². The molecule has 1 atom stereocenters. The van der Waals surface area contributed by atoms with Crippen molar-refractivity contribution in [1.82, 2.24) is 10.2 Å². The lowest BCUT2D eigenvalue weighted by atomic mass is 9.97. The Labute approximate surface area is 359 Å². The summed E-state index contributed by atoms with van der Waals surface area (Å²) in [5, 5.41) is 2.77. The van der Waals surface area contributed by atoms with Crippen molar-refractivity contribution in [3.05, 3.63) is 111 Å². The van der Waals surface area contributed by atoms with Crippen molar-refractivity contribution in [3.63, 3.8) is 0 Å². The fraction of sp³-hybridized carbons (Fsp3) is 0.289. The highest BCUT2D eigenvalue weighted by atomic mass is 35.5. The Balaban J connectivity index is 0.809. The Bertz CT molecular complexity index is 2590. The van der Waals surface area contributed by atoms with Crippen LogP contribution in [0.1, 0.15) is 50.8 Å². The zero-order valence-corrected chi connectivity index (χ0v) is 34.3. The number of halogens is 1. The molecular weight excluding hydrogens is 826 g/mol. The molecule has 2 aliphatic rings. The van der Waals surface area contributed by atoms with Gasteiger partial charge in [-0.25, -0.2) is 0 Å². The van der Waals surface area contributed by atoms with Gasteiger partial charge in [-0.15, -0.1) is 0 Å². The Kier molecular flexibility index (Phi) is 13.9. The van der Waals surface area contributed by atoms with Crippen LogP contribution in [0.4, 0.5) is 0 Å². The lowest BCUT2D eigenvalue weighted by Gasteiger charge is -2.27. The highest BCUT2D eigenvalue weighted by Crippen LogP contribution is 2.38. The quantitative estimate of drug-likeness (QED) is 0.0763. The smallest absolute Gasteiger partial charge is 0.266 e. The summed E-state index contributed by atoms with van der Waals surface area (Å²) in [4.78, 5) is 76.5. The van der Waals surface area contributed by atoms with Crippen molar-refractivity contribution in [2.24, 2.45) is 5.73 Å². The molecule has 5 amide bonds. The van der Waals surface area contributed by atoms with Gasteiger partial charge in [-0.2, -0.15) is 0 Å². The van der Waals surface area contributed by atoms with Gasteiger partial charge in [-0.1, -0.05) is 35.9 Å². The number of ether oxygens (including phenoxy) is 6. The number of rotatable bonds is 20. The van der Waals surface area contributed by atoms with Gasteiger partial charge in [0.15, 0.2) is 5.43 Å². The lowest BCUT2D eigenvalue weighted by molar-refractivity contribution is -0.136. The average Bonchev–Trinajstić information content (AvgIpc) is 3.51. The summed E-state index contributed by atoms with van der Waals surface area (Å²) in [6.45, 7) is 4.19. The number of fused-ring (bicyclic) bond motifs is 2. The molecule has 0 radical (unpaired) electrons. The van der Waals surface area contributed by atoms with E-state index >= 15 is 0 Å². The molecule has 1 saturated heterocycles. The molecule has 0 bridgehead atoms. The molecule has 0 saturated carbocycles. The number of benzene rings is 4. The fourth-order valence-corrected chi connectivity index (χ4v) is 7.36. The van der Waals surface area contributed by atoms with Crippen LogP contribution in [0.5, 0.6) is 17.2 Å². The lowest BCUT2D eigenvalue weighted by Crippen LogP contribution is -2.54. The summed E-state index contributed by atoms with van der Waals surface area (Å²) in [6.07, 6.45) is 0.0956. The minimum Gasteiger partial charge on any atom is -0.493 e. The first-order valence-electron chi connectivity index (χ1n) is 19.8. The SMILES string of the molecule is CCOc1cc2oc(-c3ccc(OCCOCCOCCOCCOc4cccc5c4C(=O)N(C4CCC(=O)NC4=O)C5=O)cc3Cl)cc(=O)c2cc1-c1ccccc1C(N)=O. The van der Waals surface area contributed by atoms with Gasteiger partial charge in [-0.3, -0.25) is 39.0 Å². The number of hydrogen-bond acceptors (Lipinski definition) is 13. The van der Waals surface area contributed by atoms with E-state index in [1.165, 1.54) is 12.1 Å². The maximum Gasteiger partial charge on any atom is 0.266 e. The number of piperidine rings is 1. The topological polar surface area (TPSA) is 212 Å². The van der Waals surface area contributed by atoms with Crippen molar-refractivity contribution in [2.45, 2.75) is 25.8 Å². The number of nitrogens with zero attached hydrogens (tertiary/aromatic N) is 1. The van der Waals surface area contributed by atoms with Crippen molar-refractivity contribution < 1.29 is 56.8 Å². The zero-order valence-electron chi connectivity index (χ0n) is 33.6. The van der Waals surface area contributed by atoms with Gasteiger partial charge < -0.3 is 38.6 Å². The molecule has 5 aromatic rings. The summed E-state index contributed by atoms with van der Waals surface area (Å²) in [6, 6.07) is 20.1. The average molecular weight is 868 g/mol. The van der Waals surface area contributed by atoms with E-state index in [0.717, 1.165) is 4.90 Å². The maximum atomic E-state index is 13.4. The molecule has 62 heavy (non-hydrogen) atoms. The number of hydrogen-bond donors (Lipinski definition) is 2. The van der Waals surface area contributed by atoms with Crippen molar-refractivity contribution in [2.75, 3.05) is 59.5 Å². The van der Waals surface area contributed by atoms with Crippen LogP contribution in [-0.2, 0) is 23.8 Å². The summed E-state index contributed by atoms with van der Waals surface area (Å²) in [7, 11) is 0. The number of amides is 5. The standard InChI is InChI=1S/C45H42ClN3O13/c1-2-59-37-25-39-32(23-31(37)27-6-3-4-7-28(27)42(47)52)35(50)24-38(62-39)29-11-10-26(22-33(29)46)60-20-18-57-16-14-56-15-17-58-19-21-61-36-9-5-8-30-41(36)45(55)49(44(30)54)34-12-13-40(51)48-43(34)53/h3-11,22-25,34H,2,12-21H2,1H3,(H2,47,52)(H,48,51,53). The van der Waals surface area contributed by atoms with Crippen LogP contribution in [0.25, 0.3) is 33.4 Å². The van der Waals surface area contributed by atoms with Gasteiger partial charge in [0.25, 0.3) is 11.8 Å². The molecular formula is C45H42ClN3O13. The Morgan fingerprint density at radius 2 is 1.44 bits per heavy atom. The number of nitrogens with one attached hydrogen (secondary N) is 1. The molecule has 322 valence electrons. The Morgan fingerprint density at radius 1 is 0.742 bits per heavy atom. The summed E-state index contributed by atoms with van der Waals surface area (Å²) >= 11 is 6.63. The summed E-state index contributed by atoms with van der Waals surface area (Å²) < 4.78 is 40.3. The fourth-order valence-electron chi connectivity index (χ4n) is 7.09. The molecule has 3 N–H and O–H groups in total. The van der Waals surface area contributed by atoms with Crippen LogP contribution >= 0.6 is 11.6 Å². The first kappa shape index (κ1) is 43.5. The summed E-state index contributed by atoms with van der Waals surface area (Å²) in [5.74, 6) is -1.62. The van der Waals surface area contributed by atoms with Crippen LogP contribution < -0.4 is 30.7 Å². The molecule has 7 rings (SSSR count). The van der Waals surface area contributed by atoms with E-state index in [1.807, 2.05) is 6.92 Å². The largest absolute Gasteiger partial charge is 0.493 e. The van der Waals surface area contributed by atoms with Crippen LogP contribution in [0.2, 0.25) is 5.02 Å². The molecule has 0 spiro atoms. The first-order valence-corrected chi connectivity index (χ1v) is 20.2. The van der Waals surface area contributed by atoms with Gasteiger partial charge in [0.05, 0.1) is 67.8 Å². The highest BCUT2D eigenvalue weighted by Gasteiger charge is 2.46. The van der Waals surface area contributed by atoms with E-state index in [1.54, 1.807) is 66.7 Å². The third-order valence-corrected chi connectivity index (χ3v) is 10.3. The van der Waals surface area contributed by atoms with Crippen LogP contribution in [-0.4, -0.2) is 99.9 Å². The van der Waals surface area contributed by atoms with Gasteiger partial charge >= 0.3 is 0 Å². The normalized spacial score (nSPS) is 14.9. The van der Waals surface area contributed by atoms with E-state index in [-0.39, 0.29) is 79.5 Å². The minimum atomic E-state index is -1.06. The second-order valence-corrected chi connectivity index (χ2v) is 14.4. The van der Waals surface area contributed by atoms with Gasteiger partial charge in [-0.05, 0) is 61.4 Å². The Hall–Kier alpha value is -6.59. The highest BCUT2D eigenvalue weighted by molar-refractivity contribution is 6.33. The second kappa shape index (κ2) is 19.9. The number of primary amides is 1. The minimum absolute atomic E-state index is 0.0319. The van der Waals surface area contributed by atoms with Gasteiger partial charge in [0.1, 0.15) is 47.8 Å². The number of carbonyl (C=O) groups is 5. The van der Waals surface area contributed by atoms with Gasteiger partial charge in [0, 0.05) is 35.2 Å². The third kappa shape index (κ3) is 9.63. The molecule has 16 nitrogen and oxygen atoms in total. The number of nitrogens with two attached hydrogens (primary N) is 1. The number of carbonyl (C=O) groups excluding carboxylic acids is 5. The van der Waals surface area contributed by atoms with E-state index in [9.17, 15) is 28.8 Å². The molecule has 1 unspecified atom stereocenters. The third-order valence-electron chi connectivity index (χ3n) is 9.97. The summed E-state index contributed by atoms with van der Waals surface area (Å²) in [5.41, 5.74) is 7.65. The molecule has 1 fully saturated rings. The predicted molar refractivity (Wildman–Crippen MR) is 225 cm³/mol. The number of imide groups is 2. The monoisotopic (exact) mass is 867 g/mol. The molecule has 3 heterocycles. The van der Waals surface area contributed by atoms with E-state index < -0.39 is 35.6 Å². The zero-order chi connectivity index (χ0) is 43.8. The van der Waals surface area contributed by atoms with Gasteiger partial charge in [0.2, 0.25) is 17.7 Å². The molecule has 4 aromatic carbocycles.